The van der Waals surface area contributed by atoms with Crippen LogP contribution in [0.1, 0.15) is 73.0 Å². The number of rotatable bonds is 7. The maximum absolute atomic E-state index is 14.1. The van der Waals surface area contributed by atoms with Crippen LogP contribution in [0.2, 0.25) is 10.0 Å². The number of ether oxygens (including phenoxy) is 1. The molecule has 3 unspecified atom stereocenters. The van der Waals surface area contributed by atoms with Crippen molar-refractivity contribution in [1.29, 1.82) is 0 Å². The first-order valence-corrected chi connectivity index (χ1v) is 12.2. The van der Waals surface area contributed by atoms with Crippen molar-refractivity contribution in [2.45, 2.75) is 63.3 Å². The van der Waals surface area contributed by atoms with Crippen molar-refractivity contribution < 1.29 is 14.3 Å². The van der Waals surface area contributed by atoms with Crippen LogP contribution >= 0.6 is 23.2 Å². The molecule has 1 aliphatic heterocycles. The molecule has 174 valence electrons. The fourth-order valence-electron chi connectivity index (χ4n) is 5.21. The summed E-state index contributed by atoms with van der Waals surface area (Å²) in [6, 6.07) is 12.4. The highest BCUT2D eigenvalue weighted by Crippen LogP contribution is 2.46. The third-order valence-electron chi connectivity index (χ3n) is 6.67. The lowest BCUT2D eigenvalue weighted by molar-refractivity contribution is -0.143. The Morgan fingerprint density at radius 1 is 1.18 bits per heavy atom. The molecule has 2 aromatic rings. The molecule has 0 radical (unpaired) electrons. The zero-order valence-corrected chi connectivity index (χ0v) is 20.4. The van der Waals surface area contributed by atoms with Gasteiger partial charge in [0.15, 0.2) is 5.66 Å². The number of aliphatic imine (C=N–C) groups is 1. The number of hydrogen-bond acceptors (Lipinski definition) is 4. The summed E-state index contributed by atoms with van der Waals surface area (Å²) >= 11 is 12.5. The molecule has 0 N–H and O–H groups in total. The summed E-state index contributed by atoms with van der Waals surface area (Å²) in [5.41, 5.74) is 1.78. The number of amides is 1. The highest BCUT2D eigenvalue weighted by Gasteiger charge is 2.55. The lowest BCUT2D eigenvalue weighted by atomic mass is 9.83. The molecule has 1 amide bonds. The summed E-state index contributed by atoms with van der Waals surface area (Å²) in [6.07, 6.45) is 5.81. The lowest BCUT2D eigenvalue weighted by Crippen LogP contribution is -2.57. The second kappa shape index (κ2) is 9.96. The van der Waals surface area contributed by atoms with Crippen LogP contribution in [0.3, 0.4) is 0 Å². The first kappa shape index (κ1) is 23.9. The molecular weight excluding hydrogens is 459 g/mol. The Morgan fingerprint density at radius 2 is 1.88 bits per heavy atom. The molecule has 4 rings (SSSR count). The van der Waals surface area contributed by atoms with Gasteiger partial charge in [-0.2, -0.15) is 0 Å². The highest BCUT2D eigenvalue weighted by atomic mass is 35.5. The molecule has 1 heterocycles. The lowest BCUT2D eigenvalue weighted by Gasteiger charge is -2.47. The van der Waals surface area contributed by atoms with E-state index in [4.69, 9.17) is 32.9 Å². The third-order valence-corrected chi connectivity index (χ3v) is 7.11. The van der Waals surface area contributed by atoms with Gasteiger partial charge in [-0.1, -0.05) is 67.2 Å². The Balaban J connectivity index is 1.86. The van der Waals surface area contributed by atoms with Gasteiger partial charge in [-0.15, -0.1) is 0 Å². The smallest absolute Gasteiger partial charge is 0.275 e. The van der Waals surface area contributed by atoms with Crippen molar-refractivity contribution in [2.75, 3.05) is 7.11 Å². The maximum Gasteiger partial charge on any atom is 0.275 e. The first-order valence-electron chi connectivity index (χ1n) is 11.4. The topological polar surface area (TPSA) is 59.0 Å². The largest absolute Gasteiger partial charge is 0.377 e. The fraction of sp³-hybridized carbons (Fsp3) is 0.423. The predicted molar refractivity (Wildman–Crippen MR) is 131 cm³/mol. The third kappa shape index (κ3) is 4.46. The normalized spacial score (nSPS) is 23.6. The quantitative estimate of drug-likeness (QED) is 0.433. The summed E-state index contributed by atoms with van der Waals surface area (Å²) in [4.78, 5) is 32.3. The van der Waals surface area contributed by atoms with Crippen molar-refractivity contribution >= 4 is 41.1 Å². The molecule has 33 heavy (non-hydrogen) atoms. The van der Waals surface area contributed by atoms with E-state index in [1.165, 1.54) is 0 Å². The van der Waals surface area contributed by atoms with Crippen LogP contribution in [-0.2, 0) is 9.53 Å². The number of nitrogens with zero attached hydrogens (tertiary/aromatic N) is 2. The van der Waals surface area contributed by atoms with Crippen molar-refractivity contribution in [2.24, 2.45) is 4.99 Å². The standard InChI is InChI=1S/C26H28Cl2N2O3/c1-3-6-22(18-10-8-17(16-31)9-11-18)30-25(32)24(19-13-20(27)15-21(28)14-19)29-26(30)12-5-4-7-23(26)33-2/h8-11,13-16,22-23H,3-7,12H2,1-2H3. The Morgan fingerprint density at radius 3 is 2.48 bits per heavy atom. The van der Waals surface area contributed by atoms with E-state index < -0.39 is 5.66 Å². The number of carbonyl (C=O) groups excluding carboxylic acids is 2. The van der Waals surface area contributed by atoms with E-state index in [0.717, 1.165) is 50.4 Å². The number of carbonyl (C=O) groups is 2. The van der Waals surface area contributed by atoms with E-state index in [9.17, 15) is 9.59 Å². The van der Waals surface area contributed by atoms with E-state index in [0.29, 0.717) is 26.9 Å². The van der Waals surface area contributed by atoms with Crippen molar-refractivity contribution in [3.8, 4) is 0 Å². The van der Waals surface area contributed by atoms with Gasteiger partial charge in [-0.05, 0) is 49.4 Å². The van der Waals surface area contributed by atoms with E-state index >= 15 is 0 Å². The summed E-state index contributed by atoms with van der Waals surface area (Å²) in [7, 11) is 1.69. The zero-order chi connectivity index (χ0) is 23.6. The van der Waals surface area contributed by atoms with Gasteiger partial charge in [0, 0.05) is 28.3 Å². The highest BCUT2D eigenvalue weighted by molar-refractivity contribution is 6.48. The second-order valence-corrected chi connectivity index (χ2v) is 9.60. The molecular formula is C26H28Cl2N2O3. The van der Waals surface area contributed by atoms with Crippen LogP contribution in [0.4, 0.5) is 0 Å². The molecule has 2 aromatic carbocycles. The molecule has 0 saturated heterocycles. The average molecular weight is 487 g/mol. The minimum Gasteiger partial charge on any atom is -0.377 e. The number of methoxy groups -OCH3 is 1. The Labute approximate surface area is 204 Å². The SMILES string of the molecule is CCCC(c1ccc(C=O)cc1)N1C(=O)C(c2cc(Cl)cc(Cl)c2)=NC12CCCCC2OC. The maximum atomic E-state index is 14.1. The Hall–Kier alpha value is -2.21. The molecule has 1 fully saturated rings. The molecule has 2 aliphatic rings. The van der Waals surface area contributed by atoms with E-state index in [1.807, 2.05) is 17.0 Å². The monoisotopic (exact) mass is 486 g/mol. The van der Waals surface area contributed by atoms with Crippen LogP contribution in [0.15, 0.2) is 47.5 Å². The molecule has 3 atom stereocenters. The summed E-state index contributed by atoms with van der Waals surface area (Å²) in [5.74, 6) is -0.143. The van der Waals surface area contributed by atoms with Gasteiger partial charge < -0.3 is 9.64 Å². The van der Waals surface area contributed by atoms with Gasteiger partial charge in [-0.3, -0.25) is 9.59 Å². The van der Waals surface area contributed by atoms with Crippen LogP contribution in [-0.4, -0.2) is 41.7 Å². The Bertz CT molecular complexity index is 1050. The minimum absolute atomic E-state index is 0.143. The molecule has 1 spiro atoms. The zero-order valence-electron chi connectivity index (χ0n) is 18.9. The molecule has 1 aliphatic carbocycles. The van der Waals surface area contributed by atoms with Gasteiger partial charge >= 0.3 is 0 Å². The van der Waals surface area contributed by atoms with Gasteiger partial charge in [-0.25, -0.2) is 4.99 Å². The summed E-state index contributed by atoms with van der Waals surface area (Å²) < 4.78 is 5.94. The number of hydrogen-bond donors (Lipinski definition) is 0. The van der Waals surface area contributed by atoms with Crippen molar-refractivity contribution in [1.82, 2.24) is 4.90 Å². The van der Waals surface area contributed by atoms with Crippen molar-refractivity contribution in [3.63, 3.8) is 0 Å². The van der Waals surface area contributed by atoms with Crippen molar-refractivity contribution in [3.05, 3.63) is 69.2 Å². The van der Waals surface area contributed by atoms with E-state index in [2.05, 4.69) is 6.92 Å². The molecule has 1 saturated carbocycles. The van der Waals surface area contributed by atoms with E-state index in [-0.39, 0.29) is 18.1 Å². The van der Waals surface area contributed by atoms with Gasteiger partial charge in [0.1, 0.15) is 18.1 Å². The van der Waals surface area contributed by atoms with E-state index in [1.54, 1.807) is 37.4 Å². The number of benzene rings is 2. The molecule has 0 aromatic heterocycles. The average Bonchev–Trinajstić information content (AvgIpc) is 3.09. The first-order chi connectivity index (χ1) is 15.9. The molecule has 7 heteroatoms. The van der Waals surface area contributed by atoms with Gasteiger partial charge in [0.25, 0.3) is 5.91 Å². The number of aldehydes is 1. The summed E-state index contributed by atoms with van der Waals surface area (Å²) in [6.45, 7) is 2.10. The fourth-order valence-corrected chi connectivity index (χ4v) is 5.73. The molecule has 5 nitrogen and oxygen atoms in total. The predicted octanol–water partition coefficient (Wildman–Crippen LogP) is 6.26. The molecule has 0 bridgehead atoms. The number of halogens is 2. The second-order valence-electron chi connectivity index (χ2n) is 8.73. The Kier molecular flexibility index (Phi) is 7.22. The van der Waals surface area contributed by atoms with Crippen LogP contribution < -0.4 is 0 Å². The van der Waals surface area contributed by atoms with Crippen LogP contribution in [0.5, 0.6) is 0 Å². The summed E-state index contributed by atoms with van der Waals surface area (Å²) in [5, 5.41) is 0.920. The minimum atomic E-state index is -0.794. The van der Waals surface area contributed by atoms with Crippen LogP contribution in [0, 0.1) is 0 Å². The van der Waals surface area contributed by atoms with Gasteiger partial charge in [0.05, 0.1) is 6.04 Å². The van der Waals surface area contributed by atoms with Gasteiger partial charge in [0.2, 0.25) is 0 Å². The van der Waals surface area contributed by atoms with Crippen LogP contribution in [0.25, 0.3) is 0 Å².